The van der Waals surface area contributed by atoms with E-state index in [0.29, 0.717) is 23.5 Å². The maximum absolute atomic E-state index is 12.1. The van der Waals surface area contributed by atoms with Crippen molar-refractivity contribution in [3.63, 3.8) is 0 Å². The highest BCUT2D eigenvalue weighted by Crippen LogP contribution is 2.13. The first-order valence-electron chi connectivity index (χ1n) is 8.65. The van der Waals surface area contributed by atoms with Crippen LogP contribution in [0.3, 0.4) is 0 Å². The highest BCUT2D eigenvalue weighted by molar-refractivity contribution is 5.99. The average Bonchev–Trinajstić information content (AvgIpc) is 2.73. The van der Waals surface area contributed by atoms with Crippen LogP contribution in [0.4, 0.5) is 0 Å². The number of carbonyl (C=O) groups excluding carboxylic acids is 2. The van der Waals surface area contributed by atoms with Crippen molar-refractivity contribution < 1.29 is 14.3 Å². The highest BCUT2D eigenvalue weighted by atomic mass is 16.5. The van der Waals surface area contributed by atoms with Crippen LogP contribution in [0.5, 0.6) is 5.75 Å². The summed E-state index contributed by atoms with van der Waals surface area (Å²) in [5.74, 6) is -0.0734. The van der Waals surface area contributed by atoms with E-state index in [1.165, 1.54) is 5.56 Å². The molecule has 0 aliphatic rings. The molecule has 0 aliphatic heterocycles. The van der Waals surface area contributed by atoms with Crippen LogP contribution in [0.2, 0.25) is 0 Å². The number of hydrazine groups is 1. The van der Waals surface area contributed by atoms with E-state index in [1.807, 2.05) is 24.3 Å². The van der Waals surface area contributed by atoms with Gasteiger partial charge in [0.2, 0.25) is 0 Å². The number of nitrogens with one attached hydrogen (secondary N) is 2. The van der Waals surface area contributed by atoms with Gasteiger partial charge >= 0.3 is 0 Å². The minimum Gasteiger partial charge on any atom is -0.493 e. The lowest BCUT2D eigenvalue weighted by Crippen LogP contribution is -2.41. The third-order valence-corrected chi connectivity index (χ3v) is 3.94. The first kappa shape index (κ1) is 18.2. The van der Waals surface area contributed by atoms with Gasteiger partial charge in [0.15, 0.2) is 0 Å². The molecule has 0 bridgehead atoms. The van der Waals surface area contributed by atoms with Crippen molar-refractivity contribution in [2.45, 2.75) is 6.42 Å². The van der Waals surface area contributed by atoms with Crippen molar-refractivity contribution in [1.29, 1.82) is 0 Å². The van der Waals surface area contributed by atoms with E-state index in [1.54, 1.807) is 48.5 Å². The second kappa shape index (κ2) is 9.20. The zero-order valence-corrected chi connectivity index (χ0v) is 14.7. The minimum absolute atomic E-state index is 0.371. The van der Waals surface area contributed by atoms with Crippen LogP contribution in [-0.4, -0.2) is 18.4 Å². The van der Waals surface area contributed by atoms with Gasteiger partial charge in [0, 0.05) is 17.5 Å². The van der Waals surface area contributed by atoms with E-state index in [9.17, 15) is 9.59 Å². The van der Waals surface area contributed by atoms with Crippen molar-refractivity contribution in [2.75, 3.05) is 6.61 Å². The fourth-order valence-corrected chi connectivity index (χ4v) is 2.48. The fourth-order valence-electron chi connectivity index (χ4n) is 2.48. The molecular weight excluding hydrogens is 340 g/mol. The number of rotatable bonds is 6. The first-order chi connectivity index (χ1) is 13.2. The van der Waals surface area contributed by atoms with Gasteiger partial charge in [0.25, 0.3) is 11.8 Å². The lowest BCUT2D eigenvalue weighted by atomic mass is 10.2. The smallest absolute Gasteiger partial charge is 0.269 e. The van der Waals surface area contributed by atoms with E-state index < -0.39 is 5.91 Å². The third-order valence-electron chi connectivity index (χ3n) is 3.94. The molecule has 0 saturated carbocycles. The van der Waals surface area contributed by atoms with Gasteiger partial charge in [-0.25, -0.2) is 0 Å². The summed E-state index contributed by atoms with van der Waals surface area (Å²) >= 11 is 0. The van der Waals surface area contributed by atoms with E-state index in [-0.39, 0.29) is 5.91 Å². The van der Waals surface area contributed by atoms with Crippen LogP contribution in [0, 0.1) is 0 Å². The van der Waals surface area contributed by atoms with Crippen molar-refractivity contribution in [3.8, 4) is 5.75 Å². The summed E-state index contributed by atoms with van der Waals surface area (Å²) in [6.07, 6.45) is 0.814. The Morgan fingerprint density at radius 1 is 0.667 bits per heavy atom. The molecule has 0 unspecified atom stereocenters. The van der Waals surface area contributed by atoms with Crippen molar-refractivity contribution in [2.24, 2.45) is 0 Å². The molecule has 5 nitrogen and oxygen atoms in total. The summed E-state index contributed by atoms with van der Waals surface area (Å²) in [5.41, 5.74) is 6.91. The Bertz CT molecular complexity index is 878. The lowest BCUT2D eigenvalue weighted by Gasteiger charge is -2.09. The molecule has 136 valence electrons. The summed E-state index contributed by atoms with van der Waals surface area (Å²) < 4.78 is 5.70. The number of hydrogen-bond donors (Lipinski definition) is 2. The van der Waals surface area contributed by atoms with Crippen LogP contribution in [-0.2, 0) is 6.42 Å². The zero-order chi connectivity index (χ0) is 18.9. The lowest BCUT2D eigenvalue weighted by molar-refractivity contribution is 0.0846. The Morgan fingerprint density at radius 3 is 1.78 bits per heavy atom. The zero-order valence-electron chi connectivity index (χ0n) is 14.7. The first-order valence-corrected chi connectivity index (χ1v) is 8.65. The topological polar surface area (TPSA) is 67.4 Å². The molecule has 0 aliphatic carbocycles. The quantitative estimate of drug-likeness (QED) is 0.662. The molecule has 2 N–H and O–H groups in total. The minimum atomic E-state index is -0.393. The number of benzene rings is 3. The summed E-state index contributed by atoms with van der Waals surface area (Å²) in [6, 6.07) is 25.5. The van der Waals surface area contributed by atoms with Gasteiger partial charge in [-0.05, 0) is 42.0 Å². The number of carbonyl (C=O) groups is 2. The van der Waals surface area contributed by atoms with Crippen LogP contribution >= 0.6 is 0 Å². The normalized spacial score (nSPS) is 10.1. The molecule has 0 spiro atoms. The summed E-state index contributed by atoms with van der Waals surface area (Å²) in [5, 5.41) is 0. The van der Waals surface area contributed by atoms with Gasteiger partial charge in [-0.1, -0.05) is 48.5 Å². The van der Waals surface area contributed by atoms with Crippen molar-refractivity contribution in [3.05, 3.63) is 102 Å². The van der Waals surface area contributed by atoms with E-state index >= 15 is 0 Å². The molecule has 0 atom stereocenters. The second-order valence-electron chi connectivity index (χ2n) is 5.88. The van der Waals surface area contributed by atoms with E-state index in [0.717, 1.165) is 6.42 Å². The maximum Gasteiger partial charge on any atom is 0.269 e. The molecule has 0 saturated heterocycles. The van der Waals surface area contributed by atoms with Gasteiger partial charge in [0.1, 0.15) is 5.75 Å². The average molecular weight is 360 g/mol. The highest BCUT2D eigenvalue weighted by Gasteiger charge is 2.09. The van der Waals surface area contributed by atoms with Crippen molar-refractivity contribution >= 4 is 11.8 Å². The predicted octanol–water partition coefficient (Wildman–Crippen LogP) is 3.38. The summed E-state index contributed by atoms with van der Waals surface area (Å²) in [4.78, 5) is 24.0. The predicted molar refractivity (Wildman–Crippen MR) is 103 cm³/mol. The Hall–Kier alpha value is -3.60. The summed E-state index contributed by atoms with van der Waals surface area (Å²) in [7, 11) is 0. The monoisotopic (exact) mass is 360 g/mol. The van der Waals surface area contributed by atoms with Gasteiger partial charge in [-0.3, -0.25) is 20.4 Å². The molecule has 3 rings (SSSR count). The van der Waals surface area contributed by atoms with Gasteiger partial charge < -0.3 is 4.74 Å². The Balaban J connectivity index is 1.46. The molecule has 0 fully saturated rings. The second-order valence-corrected chi connectivity index (χ2v) is 5.88. The molecule has 5 heteroatoms. The number of amides is 2. The Morgan fingerprint density at radius 2 is 1.19 bits per heavy atom. The molecule has 0 radical (unpaired) electrons. The molecular formula is C22H20N2O3. The van der Waals surface area contributed by atoms with E-state index in [2.05, 4.69) is 23.0 Å². The Labute approximate surface area is 158 Å². The largest absolute Gasteiger partial charge is 0.493 e. The molecule has 0 aromatic heterocycles. The molecule has 27 heavy (non-hydrogen) atoms. The molecule has 3 aromatic rings. The van der Waals surface area contributed by atoms with Gasteiger partial charge in [0.05, 0.1) is 6.61 Å². The molecule has 2 amide bonds. The SMILES string of the molecule is O=C(NNC(=O)c1ccc(OCCc2ccccc2)cc1)c1ccccc1. The van der Waals surface area contributed by atoms with Crippen LogP contribution in [0.15, 0.2) is 84.9 Å². The summed E-state index contributed by atoms with van der Waals surface area (Å²) in [6.45, 7) is 0.558. The van der Waals surface area contributed by atoms with Crippen molar-refractivity contribution in [1.82, 2.24) is 10.9 Å². The molecule has 3 aromatic carbocycles. The third kappa shape index (κ3) is 5.44. The van der Waals surface area contributed by atoms with Crippen LogP contribution in [0.25, 0.3) is 0 Å². The van der Waals surface area contributed by atoms with Gasteiger partial charge in [-0.15, -0.1) is 0 Å². The number of hydrogen-bond acceptors (Lipinski definition) is 3. The molecule has 0 heterocycles. The standard InChI is InChI=1S/C22H20N2O3/c25-21(18-9-5-2-6-10-18)23-24-22(26)19-11-13-20(14-12-19)27-16-15-17-7-3-1-4-8-17/h1-14H,15-16H2,(H,23,25)(H,24,26). The van der Waals surface area contributed by atoms with Gasteiger partial charge in [-0.2, -0.15) is 0 Å². The van der Waals surface area contributed by atoms with Crippen LogP contribution < -0.4 is 15.6 Å². The van der Waals surface area contributed by atoms with E-state index in [4.69, 9.17) is 4.74 Å². The maximum atomic E-state index is 12.1. The number of ether oxygens (including phenoxy) is 1. The van der Waals surface area contributed by atoms with Crippen LogP contribution in [0.1, 0.15) is 26.3 Å². The Kier molecular flexibility index (Phi) is 6.20. The fraction of sp³-hybridized carbons (Fsp3) is 0.0909.